The van der Waals surface area contributed by atoms with Gasteiger partial charge in [0.1, 0.15) is 0 Å². The number of rotatable bonds is 5. The normalized spacial score (nSPS) is 18.5. The number of nitrogens with zero attached hydrogens (tertiary/aromatic N) is 1. The van der Waals surface area contributed by atoms with Crippen molar-refractivity contribution in [1.29, 1.82) is 0 Å². The molecule has 2 nitrogen and oxygen atoms in total. The molecule has 1 aromatic rings. The van der Waals surface area contributed by atoms with Gasteiger partial charge in [-0.25, -0.2) is 0 Å². The van der Waals surface area contributed by atoms with E-state index in [0.29, 0.717) is 6.04 Å². The Balaban J connectivity index is 1.74. The number of likely N-dealkylation sites (tertiary alicyclic amines) is 1. The lowest BCUT2D eigenvalue weighted by atomic mass is 10.1. The zero-order chi connectivity index (χ0) is 12.1. The minimum absolute atomic E-state index is 0.372. The van der Waals surface area contributed by atoms with Crippen molar-refractivity contribution < 1.29 is 0 Å². The molecule has 0 aliphatic carbocycles. The van der Waals surface area contributed by atoms with E-state index in [1.807, 2.05) is 18.2 Å². The van der Waals surface area contributed by atoms with E-state index < -0.39 is 0 Å². The molecule has 0 amide bonds. The van der Waals surface area contributed by atoms with Gasteiger partial charge in [0.2, 0.25) is 0 Å². The van der Waals surface area contributed by atoms with E-state index in [2.05, 4.69) is 23.2 Å². The Hall–Kier alpha value is -0.570. The number of nitrogens with one attached hydrogen (secondary N) is 1. The lowest BCUT2D eigenvalue weighted by Gasteiger charge is -2.18. The second-order valence-corrected chi connectivity index (χ2v) is 5.22. The monoisotopic (exact) mass is 252 g/mol. The molecule has 0 bridgehead atoms. The third kappa shape index (κ3) is 3.98. The average molecular weight is 253 g/mol. The lowest BCUT2D eigenvalue weighted by molar-refractivity contribution is 0.330. The summed E-state index contributed by atoms with van der Waals surface area (Å²) in [7, 11) is 0. The Morgan fingerprint density at radius 1 is 1.35 bits per heavy atom. The fourth-order valence-corrected chi connectivity index (χ4v) is 2.54. The smallest absolute Gasteiger partial charge is 0.0409 e. The summed E-state index contributed by atoms with van der Waals surface area (Å²) in [6.07, 6.45) is 2.73. The maximum atomic E-state index is 5.99. The summed E-state index contributed by atoms with van der Waals surface area (Å²) in [5, 5.41) is 4.37. The summed E-state index contributed by atoms with van der Waals surface area (Å²) in [5.41, 5.74) is 1.26. The maximum Gasteiger partial charge on any atom is 0.0409 e. The van der Waals surface area contributed by atoms with Crippen LogP contribution < -0.4 is 5.32 Å². The van der Waals surface area contributed by atoms with Crippen molar-refractivity contribution in [2.75, 3.05) is 26.2 Å². The molecule has 17 heavy (non-hydrogen) atoms. The van der Waals surface area contributed by atoms with Crippen molar-refractivity contribution in [2.45, 2.75) is 25.8 Å². The van der Waals surface area contributed by atoms with Gasteiger partial charge in [-0.15, -0.1) is 0 Å². The van der Waals surface area contributed by atoms with E-state index >= 15 is 0 Å². The molecule has 1 N–H and O–H groups in total. The number of hydrogen-bond acceptors (Lipinski definition) is 2. The highest BCUT2D eigenvalue weighted by Crippen LogP contribution is 2.17. The Labute approximate surface area is 109 Å². The van der Waals surface area contributed by atoms with Crippen LogP contribution in [0.3, 0.4) is 0 Å². The van der Waals surface area contributed by atoms with Gasteiger partial charge in [0.15, 0.2) is 0 Å². The van der Waals surface area contributed by atoms with Crippen LogP contribution in [0.25, 0.3) is 0 Å². The van der Waals surface area contributed by atoms with Gasteiger partial charge < -0.3 is 10.2 Å². The van der Waals surface area contributed by atoms with Gasteiger partial charge in [-0.2, -0.15) is 0 Å². The molecule has 1 aliphatic heterocycles. The minimum Gasteiger partial charge on any atom is -0.309 e. The first-order valence-corrected chi connectivity index (χ1v) is 6.85. The summed E-state index contributed by atoms with van der Waals surface area (Å²) in [5.74, 6) is 0. The fraction of sp³-hybridized carbons (Fsp3) is 0.571. The topological polar surface area (TPSA) is 15.3 Å². The van der Waals surface area contributed by atoms with Crippen LogP contribution in [-0.2, 0) is 0 Å². The maximum absolute atomic E-state index is 5.99. The second-order valence-electron chi connectivity index (χ2n) is 4.78. The first kappa shape index (κ1) is 12.9. The fourth-order valence-electron chi connectivity index (χ4n) is 2.34. The van der Waals surface area contributed by atoms with Gasteiger partial charge in [0, 0.05) is 24.2 Å². The van der Waals surface area contributed by atoms with Crippen LogP contribution in [0.2, 0.25) is 5.02 Å². The van der Waals surface area contributed by atoms with Crippen LogP contribution in [-0.4, -0.2) is 31.1 Å². The minimum atomic E-state index is 0.372. The largest absolute Gasteiger partial charge is 0.309 e. The van der Waals surface area contributed by atoms with Crippen molar-refractivity contribution >= 4 is 11.6 Å². The van der Waals surface area contributed by atoms with Crippen LogP contribution >= 0.6 is 11.6 Å². The van der Waals surface area contributed by atoms with E-state index in [4.69, 9.17) is 11.6 Å². The Kier molecular flexibility index (Phi) is 4.84. The third-order valence-electron chi connectivity index (χ3n) is 3.43. The zero-order valence-corrected chi connectivity index (χ0v) is 11.2. The van der Waals surface area contributed by atoms with Crippen molar-refractivity contribution in [2.24, 2.45) is 0 Å². The Morgan fingerprint density at radius 2 is 2.12 bits per heavy atom. The van der Waals surface area contributed by atoms with Crippen LogP contribution in [0.4, 0.5) is 0 Å². The molecule has 0 saturated carbocycles. The average Bonchev–Trinajstić information content (AvgIpc) is 2.82. The van der Waals surface area contributed by atoms with Gasteiger partial charge in [-0.3, -0.25) is 0 Å². The van der Waals surface area contributed by atoms with E-state index in [1.54, 1.807) is 0 Å². The molecule has 1 fully saturated rings. The summed E-state index contributed by atoms with van der Waals surface area (Å²) >= 11 is 5.99. The van der Waals surface area contributed by atoms with Crippen molar-refractivity contribution in [1.82, 2.24) is 10.2 Å². The van der Waals surface area contributed by atoms with E-state index in [0.717, 1.165) is 18.1 Å². The van der Waals surface area contributed by atoms with Crippen LogP contribution in [0.1, 0.15) is 31.4 Å². The van der Waals surface area contributed by atoms with Gasteiger partial charge in [0.05, 0.1) is 0 Å². The van der Waals surface area contributed by atoms with Gasteiger partial charge >= 0.3 is 0 Å². The molecule has 2 rings (SSSR count). The molecular formula is C14H21ClN2. The predicted molar refractivity (Wildman–Crippen MR) is 73.5 cm³/mol. The molecule has 1 aromatic carbocycles. The molecule has 0 spiro atoms. The van der Waals surface area contributed by atoms with Gasteiger partial charge in [-0.1, -0.05) is 23.7 Å². The molecule has 0 aromatic heterocycles. The Bertz CT molecular complexity index is 348. The standard InChI is InChI=1S/C14H21ClN2/c1-12(13-5-4-6-14(15)11-13)16-7-10-17-8-2-3-9-17/h4-6,11-12,16H,2-3,7-10H2,1H3/t12-/m0/s1. The molecule has 0 unspecified atom stereocenters. The number of benzene rings is 1. The first-order valence-electron chi connectivity index (χ1n) is 6.47. The summed E-state index contributed by atoms with van der Waals surface area (Å²) < 4.78 is 0. The van der Waals surface area contributed by atoms with E-state index in [-0.39, 0.29) is 0 Å². The molecule has 0 radical (unpaired) electrons. The molecular weight excluding hydrogens is 232 g/mol. The molecule has 1 aliphatic rings. The molecule has 1 saturated heterocycles. The number of halogens is 1. The second kappa shape index (κ2) is 6.39. The van der Waals surface area contributed by atoms with Crippen LogP contribution in [0.5, 0.6) is 0 Å². The van der Waals surface area contributed by atoms with Crippen molar-refractivity contribution in [3.8, 4) is 0 Å². The van der Waals surface area contributed by atoms with Crippen molar-refractivity contribution in [3.05, 3.63) is 34.9 Å². The number of hydrogen-bond donors (Lipinski definition) is 1. The zero-order valence-electron chi connectivity index (χ0n) is 10.5. The summed E-state index contributed by atoms with van der Waals surface area (Å²) in [6.45, 7) is 6.94. The highest BCUT2D eigenvalue weighted by Gasteiger charge is 2.11. The SMILES string of the molecule is C[C@H](NCCN1CCCC1)c1cccc(Cl)c1. The highest BCUT2D eigenvalue weighted by atomic mass is 35.5. The van der Waals surface area contributed by atoms with Gasteiger partial charge in [0.25, 0.3) is 0 Å². The highest BCUT2D eigenvalue weighted by molar-refractivity contribution is 6.30. The summed E-state index contributed by atoms with van der Waals surface area (Å²) in [4.78, 5) is 2.53. The van der Waals surface area contributed by atoms with Crippen molar-refractivity contribution in [3.63, 3.8) is 0 Å². The molecule has 1 atom stereocenters. The molecule has 3 heteroatoms. The summed E-state index contributed by atoms with van der Waals surface area (Å²) in [6, 6.07) is 8.46. The van der Waals surface area contributed by atoms with Crippen LogP contribution in [0, 0.1) is 0 Å². The van der Waals surface area contributed by atoms with E-state index in [1.165, 1.54) is 31.5 Å². The predicted octanol–water partition coefficient (Wildman–Crippen LogP) is 3.09. The van der Waals surface area contributed by atoms with Gasteiger partial charge in [-0.05, 0) is 50.6 Å². The molecule has 94 valence electrons. The van der Waals surface area contributed by atoms with Crippen LogP contribution in [0.15, 0.2) is 24.3 Å². The third-order valence-corrected chi connectivity index (χ3v) is 3.66. The van der Waals surface area contributed by atoms with E-state index in [9.17, 15) is 0 Å². The Morgan fingerprint density at radius 3 is 2.82 bits per heavy atom. The molecule has 1 heterocycles. The first-order chi connectivity index (χ1) is 8.25. The lowest BCUT2D eigenvalue weighted by Crippen LogP contribution is -2.31. The quantitative estimate of drug-likeness (QED) is 0.867.